The Kier molecular flexibility index (Phi) is 12.8. The number of aryl methyl sites for hydroxylation is 1. The first-order valence-corrected chi connectivity index (χ1v) is 11.4. The molecule has 174 valence electrons. The molecule has 0 spiro atoms. The lowest BCUT2D eigenvalue weighted by Gasteiger charge is -2.21. The second-order valence-electron chi connectivity index (χ2n) is 7.81. The van der Waals surface area contributed by atoms with E-state index in [1.54, 1.807) is 0 Å². The van der Waals surface area contributed by atoms with Gasteiger partial charge in [0, 0.05) is 23.8 Å². The first-order valence-electron chi connectivity index (χ1n) is 11.4. The molecule has 31 heavy (non-hydrogen) atoms. The topological polar surface area (TPSA) is 57.5 Å². The van der Waals surface area contributed by atoms with Crippen LogP contribution in [0.2, 0.25) is 0 Å². The van der Waals surface area contributed by atoms with Gasteiger partial charge in [0.25, 0.3) is 0 Å². The van der Waals surface area contributed by atoms with E-state index in [0.717, 1.165) is 55.6 Å². The van der Waals surface area contributed by atoms with Gasteiger partial charge in [0.1, 0.15) is 0 Å². The summed E-state index contributed by atoms with van der Waals surface area (Å²) in [6, 6.07) is 10.7. The Balaban J connectivity index is 0.00000480. The molecule has 2 rings (SSSR count). The third-order valence-electron chi connectivity index (χ3n) is 5.57. The van der Waals surface area contributed by atoms with E-state index in [2.05, 4.69) is 69.2 Å². The summed E-state index contributed by atoms with van der Waals surface area (Å²) in [5.74, 6) is 0.874. The number of halogens is 1. The van der Waals surface area contributed by atoms with Crippen molar-refractivity contribution in [3.63, 3.8) is 0 Å². The summed E-state index contributed by atoms with van der Waals surface area (Å²) in [7, 11) is 0. The summed E-state index contributed by atoms with van der Waals surface area (Å²) in [5, 5.41) is 11.7. The van der Waals surface area contributed by atoms with Gasteiger partial charge in [-0.25, -0.2) is 9.67 Å². The van der Waals surface area contributed by atoms with Crippen LogP contribution in [-0.4, -0.2) is 52.9 Å². The van der Waals surface area contributed by atoms with E-state index in [0.29, 0.717) is 12.6 Å². The van der Waals surface area contributed by atoms with Crippen LogP contribution in [0.25, 0.3) is 5.69 Å². The van der Waals surface area contributed by atoms with Gasteiger partial charge in [-0.05, 0) is 72.3 Å². The van der Waals surface area contributed by atoms with E-state index in [4.69, 9.17) is 10.1 Å². The molecule has 2 N–H and O–H groups in total. The zero-order valence-corrected chi connectivity index (χ0v) is 22.4. The van der Waals surface area contributed by atoms with Crippen LogP contribution in [0.4, 0.5) is 0 Å². The predicted octanol–water partition coefficient (Wildman–Crippen LogP) is 4.67. The van der Waals surface area contributed by atoms with Crippen molar-refractivity contribution in [3.05, 3.63) is 47.3 Å². The molecule has 0 radical (unpaired) electrons. The Bertz CT molecular complexity index is 783. The Morgan fingerprint density at radius 1 is 1.13 bits per heavy atom. The summed E-state index contributed by atoms with van der Waals surface area (Å²) < 4.78 is 2.01. The van der Waals surface area contributed by atoms with Crippen molar-refractivity contribution in [1.82, 2.24) is 25.3 Å². The maximum atomic E-state index is 4.86. The number of nitrogens with zero attached hydrogens (tertiary/aromatic N) is 4. The van der Waals surface area contributed by atoms with Crippen molar-refractivity contribution in [2.75, 3.05) is 26.2 Å². The molecular formula is C24H41IN6. The molecule has 1 atom stereocenters. The Hall–Kier alpha value is -1.61. The lowest BCUT2D eigenvalue weighted by molar-refractivity contribution is 0.292. The molecule has 2 aromatic rings. The number of aliphatic imine (C=N–C) groups is 1. The molecule has 0 aliphatic heterocycles. The van der Waals surface area contributed by atoms with Gasteiger partial charge < -0.3 is 15.5 Å². The minimum atomic E-state index is 0. The van der Waals surface area contributed by atoms with Crippen molar-refractivity contribution < 1.29 is 0 Å². The second kappa shape index (κ2) is 14.5. The number of hydrogen-bond acceptors (Lipinski definition) is 3. The standard InChI is InChI=1S/C24H40N6.HI/c1-7-25-24(27-19(4)14-13-17-29(8-2)9-3)26-18-23-20(5)28-30(21(23)6)22-15-11-10-12-16-22;/h10-12,15-16,19H,7-9,13-14,17-18H2,1-6H3,(H2,25,26,27);1H. The van der Waals surface area contributed by atoms with E-state index >= 15 is 0 Å². The summed E-state index contributed by atoms with van der Waals surface area (Å²) in [5.41, 5.74) is 4.44. The highest BCUT2D eigenvalue weighted by molar-refractivity contribution is 14.0. The van der Waals surface area contributed by atoms with Gasteiger partial charge in [0.15, 0.2) is 5.96 Å². The SMILES string of the molecule is CCNC(=NCc1c(C)nn(-c2ccccc2)c1C)NC(C)CCCN(CC)CC.I. The van der Waals surface area contributed by atoms with Crippen LogP contribution in [-0.2, 0) is 6.54 Å². The van der Waals surface area contributed by atoms with E-state index in [-0.39, 0.29) is 24.0 Å². The lowest BCUT2D eigenvalue weighted by Crippen LogP contribution is -2.42. The molecule has 1 aromatic carbocycles. The molecule has 0 fully saturated rings. The average molecular weight is 541 g/mol. The summed E-state index contributed by atoms with van der Waals surface area (Å²) in [6.45, 7) is 17.8. The van der Waals surface area contributed by atoms with Gasteiger partial charge in [-0.1, -0.05) is 32.0 Å². The molecule has 1 heterocycles. The van der Waals surface area contributed by atoms with Gasteiger partial charge in [0.05, 0.1) is 17.9 Å². The average Bonchev–Trinajstić information content (AvgIpc) is 3.03. The fourth-order valence-electron chi connectivity index (χ4n) is 3.67. The normalized spacial score (nSPS) is 12.5. The van der Waals surface area contributed by atoms with Crippen LogP contribution in [0.1, 0.15) is 57.5 Å². The molecule has 0 aliphatic rings. The number of nitrogens with one attached hydrogen (secondary N) is 2. The van der Waals surface area contributed by atoms with Crippen molar-refractivity contribution in [3.8, 4) is 5.69 Å². The summed E-state index contributed by atoms with van der Waals surface area (Å²) in [4.78, 5) is 7.33. The minimum absolute atomic E-state index is 0. The molecule has 0 saturated carbocycles. The maximum absolute atomic E-state index is 4.86. The van der Waals surface area contributed by atoms with Crippen LogP contribution in [0.3, 0.4) is 0 Å². The largest absolute Gasteiger partial charge is 0.357 e. The zero-order valence-electron chi connectivity index (χ0n) is 20.1. The number of para-hydroxylation sites is 1. The van der Waals surface area contributed by atoms with E-state index in [9.17, 15) is 0 Å². The Labute approximate surface area is 205 Å². The van der Waals surface area contributed by atoms with E-state index in [1.165, 1.54) is 12.0 Å². The first-order chi connectivity index (χ1) is 14.5. The van der Waals surface area contributed by atoms with Gasteiger partial charge in [-0.2, -0.15) is 5.10 Å². The molecule has 7 heteroatoms. The van der Waals surface area contributed by atoms with Gasteiger partial charge in [0.2, 0.25) is 0 Å². The molecule has 0 bridgehead atoms. The molecule has 6 nitrogen and oxygen atoms in total. The molecule has 1 aromatic heterocycles. The van der Waals surface area contributed by atoms with Crippen LogP contribution in [0.15, 0.2) is 35.3 Å². The third kappa shape index (κ3) is 8.44. The fraction of sp³-hybridized carbons (Fsp3) is 0.583. The van der Waals surface area contributed by atoms with Crippen molar-refractivity contribution >= 4 is 29.9 Å². The van der Waals surface area contributed by atoms with Crippen molar-refractivity contribution in [1.29, 1.82) is 0 Å². The zero-order chi connectivity index (χ0) is 21.9. The maximum Gasteiger partial charge on any atom is 0.191 e. The highest BCUT2D eigenvalue weighted by Crippen LogP contribution is 2.18. The van der Waals surface area contributed by atoms with E-state index < -0.39 is 0 Å². The molecule has 0 amide bonds. The predicted molar refractivity (Wildman–Crippen MR) is 143 cm³/mol. The van der Waals surface area contributed by atoms with Gasteiger partial charge >= 0.3 is 0 Å². The number of benzene rings is 1. The van der Waals surface area contributed by atoms with Crippen LogP contribution < -0.4 is 10.6 Å². The number of guanidine groups is 1. The molecular weight excluding hydrogens is 499 g/mol. The van der Waals surface area contributed by atoms with Crippen LogP contribution >= 0.6 is 24.0 Å². The first kappa shape index (κ1) is 27.4. The van der Waals surface area contributed by atoms with E-state index in [1.807, 2.05) is 22.9 Å². The van der Waals surface area contributed by atoms with Crippen LogP contribution in [0.5, 0.6) is 0 Å². The smallest absolute Gasteiger partial charge is 0.191 e. The Morgan fingerprint density at radius 3 is 2.42 bits per heavy atom. The summed E-state index contributed by atoms with van der Waals surface area (Å²) in [6.07, 6.45) is 2.32. The molecule has 0 aliphatic carbocycles. The third-order valence-corrected chi connectivity index (χ3v) is 5.57. The van der Waals surface area contributed by atoms with Crippen molar-refractivity contribution in [2.24, 2.45) is 4.99 Å². The lowest BCUT2D eigenvalue weighted by atomic mass is 10.2. The van der Waals surface area contributed by atoms with Gasteiger partial charge in [-0.3, -0.25) is 0 Å². The highest BCUT2D eigenvalue weighted by atomic mass is 127. The molecule has 0 saturated heterocycles. The second-order valence-corrected chi connectivity index (χ2v) is 7.81. The summed E-state index contributed by atoms with van der Waals surface area (Å²) >= 11 is 0. The number of hydrogen-bond donors (Lipinski definition) is 2. The monoisotopic (exact) mass is 540 g/mol. The van der Waals surface area contributed by atoms with Crippen LogP contribution in [0, 0.1) is 13.8 Å². The fourth-order valence-corrected chi connectivity index (χ4v) is 3.67. The quantitative estimate of drug-likeness (QED) is 0.247. The minimum Gasteiger partial charge on any atom is -0.357 e. The highest BCUT2D eigenvalue weighted by Gasteiger charge is 2.13. The number of aromatic nitrogens is 2. The Morgan fingerprint density at radius 2 is 1.81 bits per heavy atom. The van der Waals surface area contributed by atoms with Gasteiger partial charge in [-0.15, -0.1) is 24.0 Å². The van der Waals surface area contributed by atoms with Crippen molar-refractivity contribution in [2.45, 2.75) is 67.0 Å². The molecule has 1 unspecified atom stereocenters. The number of rotatable bonds is 11.